The Labute approximate surface area is 166 Å². The second-order valence-corrected chi connectivity index (χ2v) is 5.25. The fourth-order valence-electron chi connectivity index (χ4n) is 1.32. The lowest BCUT2D eigenvalue weighted by atomic mass is 10.4. The van der Waals surface area contributed by atoms with E-state index in [1.807, 2.05) is 36.4 Å². The van der Waals surface area contributed by atoms with E-state index < -0.39 is 0 Å². The van der Waals surface area contributed by atoms with Gasteiger partial charge in [-0.05, 0) is 89.9 Å². The molecular formula is C21H17IO4. The number of hydrogen-bond donors (Lipinski definition) is 0. The summed E-state index contributed by atoms with van der Waals surface area (Å²) >= 11 is 2.11. The van der Waals surface area contributed by atoms with E-state index in [1.165, 1.54) is 0 Å². The van der Waals surface area contributed by atoms with E-state index in [9.17, 15) is 0 Å². The maximum atomic E-state index is 4.95. The topological polar surface area (TPSA) is 52.6 Å². The number of terminal acetylenes is 1. The maximum absolute atomic E-state index is 4.95. The van der Waals surface area contributed by atoms with Crippen LogP contribution in [0.4, 0.5) is 0 Å². The van der Waals surface area contributed by atoms with E-state index in [-0.39, 0.29) is 0 Å². The van der Waals surface area contributed by atoms with Crippen molar-refractivity contribution in [2.24, 2.45) is 0 Å². The van der Waals surface area contributed by atoms with E-state index in [4.69, 9.17) is 19.7 Å². The molecule has 0 radical (unpaired) electrons. The SMILES string of the molecule is C#Cc1ccco1.CC#Cc1ccco1.Ic1ccco1.c1ccoc1. The quantitative estimate of drug-likeness (QED) is 0.236. The van der Waals surface area contributed by atoms with Gasteiger partial charge in [-0.2, -0.15) is 0 Å². The van der Waals surface area contributed by atoms with Crippen LogP contribution in [0.15, 0.2) is 97.5 Å². The van der Waals surface area contributed by atoms with Gasteiger partial charge in [-0.1, -0.05) is 5.92 Å². The van der Waals surface area contributed by atoms with Gasteiger partial charge < -0.3 is 17.7 Å². The van der Waals surface area contributed by atoms with Crippen LogP contribution in [-0.4, -0.2) is 0 Å². The molecule has 5 heteroatoms. The molecular weight excluding hydrogens is 443 g/mol. The van der Waals surface area contributed by atoms with Gasteiger partial charge in [0.1, 0.15) is 0 Å². The smallest absolute Gasteiger partial charge is 0.176 e. The predicted octanol–water partition coefficient (Wildman–Crippen LogP) is 6.08. The summed E-state index contributed by atoms with van der Waals surface area (Å²) in [5.41, 5.74) is 0. The van der Waals surface area contributed by atoms with Crippen LogP contribution in [-0.2, 0) is 0 Å². The van der Waals surface area contributed by atoms with Gasteiger partial charge in [0.05, 0.1) is 31.3 Å². The third-order valence-electron chi connectivity index (χ3n) is 2.34. The first-order valence-electron chi connectivity index (χ1n) is 7.38. The van der Waals surface area contributed by atoms with Crippen LogP contribution in [0.3, 0.4) is 0 Å². The summed E-state index contributed by atoms with van der Waals surface area (Å²) in [6, 6.07) is 14.6. The van der Waals surface area contributed by atoms with E-state index in [0.29, 0.717) is 5.76 Å². The van der Waals surface area contributed by atoms with Gasteiger partial charge in [0.15, 0.2) is 15.3 Å². The van der Waals surface area contributed by atoms with Gasteiger partial charge in [-0.3, -0.25) is 0 Å². The van der Waals surface area contributed by atoms with E-state index in [1.54, 1.807) is 50.4 Å². The van der Waals surface area contributed by atoms with Crippen molar-refractivity contribution >= 4 is 22.6 Å². The lowest BCUT2D eigenvalue weighted by Gasteiger charge is -1.71. The van der Waals surface area contributed by atoms with E-state index in [0.717, 1.165) is 9.53 Å². The maximum Gasteiger partial charge on any atom is 0.176 e. The highest BCUT2D eigenvalue weighted by Crippen LogP contribution is 2.01. The molecule has 4 aromatic rings. The Bertz CT molecular complexity index is 837. The molecule has 0 fully saturated rings. The third kappa shape index (κ3) is 10.7. The molecule has 0 aliphatic heterocycles. The van der Waals surface area contributed by atoms with Crippen LogP contribution >= 0.6 is 22.6 Å². The highest BCUT2D eigenvalue weighted by atomic mass is 127. The fourth-order valence-corrected chi connectivity index (χ4v) is 1.67. The molecule has 4 aromatic heterocycles. The largest absolute Gasteiger partial charge is 0.473 e. The van der Waals surface area contributed by atoms with Crippen LogP contribution in [0.2, 0.25) is 0 Å². The summed E-state index contributed by atoms with van der Waals surface area (Å²) in [6.07, 6.45) is 13.0. The average Bonchev–Trinajstić information content (AvgIpc) is 3.45. The summed E-state index contributed by atoms with van der Waals surface area (Å²) in [4.78, 5) is 0. The number of rotatable bonds is 0. The van der Waals surface area contributed by atoms with Crippen molar-refractivity contribution < 1.29 is 17.7 Å². The normalized spacial score (nSPS) is 8.04. The average molecular weight is 460 g/mol. The molecule has 0 atom stereocenters. The molecule has 0 aliphatic rings. The molecule has 0 spiro atoms. The summed E-state index contributed by atoms with van der Waals surface area (Å²) < 4.78 is 20.0. The van der Waals surface area contributed by atoms with Crippen molar-refractivity contribution in [3.05, 3.63) is 95.1 Å². The van der Waals surface area contributed by atoms with Gasteiger partial charge in [-0.25, -0.2) is 0 Å². The molecule has 132 valence electrons. The Balaban J connectivity index is 0.000000176. The Morgan fingerprint density at radius 3 is 1.62 bits per heavy atom. The first kappa shape index (κ1) is 21.0. The molecule has 26 heavy (non-hydrogen) atoms. The monoisotopic (exact) mass is 460 g/mol. The van der Waals surface area contributed by atoms with Gasteiger partial charge in [0.2, 0.25) is 0 Å². The van der Waals surface area contributed by atoms with Crippen molar-refractivity contribution in [1.82, 2.24) is 0 Å². The standard InChI is InChI=1S/C7H6O.C6H4O.C4H3IO.C4H4O/c1-2-4-7-5-3-6-8-7;1-2-6-4-3-5-7-6;5-4-2-1-3-6-4;1-2-4-5-3-1/h3,5-6H,1H3;1,3-5H;1-3H;1-4H. The van der Waals surface area contributed by atoms with Crippen molar-refractivity contribution in [3.63, 3.8) is 0 Å². The highest BCUT2D eigenvalue weighted by Gasteiger charge is 1.82. The molecule has 0 amide bonds. The molecule has 4 rings (SSSR count). The third-order valence-corrected chi connectivity index (χ3v) is 2.96. The predicted molar refractivity (Wildman–Crippen MR) is 108 cm³/mol. The summed E-state index contributed by atoms with van der Waals surface area (Å²) in [5.74, 6) is 9.15. The molecule has 4 heterocycles. The van der Waals surface area contributed by atoms with E-state index in [2.05, 4.69) is 44.8 Å². The van der Waals surface area contributed by atoms with Gasteiger partial charge >= 0.3 is 0 Å². The molecule has 0 aromatic carbocycles. The second-order valence-electron chi connectivity index (χ2n) is 4.18. The Hall–Kier alpha value is -3.03. The lowest BCUT2D eigenvalue weighted by molar-refractivity contribution is 0.538. The molecule has 0 saturated heterocycles. The van der Waals surface area contributed by atoms with Gasteiger partial charge in [-0.15, -0.1) is 6.42 Å². The van der Waals surface area contributed by atoms with Crippen LogP contribution in [0.1, 0.15) is 18.4 Å². The van der Waals surface area contributed by atoms with Crippen molar-refractivity contribution in [1.29, 1.82) is 0 Å². The number of halogens is 1. The molecule has 4 nitrogen and oxygen atoms in total. The van der Waals surface area contributed by atoms with E-state index >= 15 is 0 Å². The van der Waals surface area contributed by atoms with Gasteiger partial charge in [0.25, 0.3) is 0 Å². The molecule has 0 bridgehead atoms. The first-order valence-corrected chi connectivity index (χ1v) is 8.46. The zero-order chi connectivity index (χ0) is 18.9. The summed E-state index contributed by atoms with van der Waals surface area (Å²) in [6.45, 7) is 1.78. The molecule has 0 saturated carbocycles. The molecule has 0 aliphatic carbocycles. The van der Waals surface area contributed by atoms with Crippen LogP contribution in [0.25, 0.3) is 0 Å². The lowest BCUT2D eigenvalue weighted by Crippen LogP contribution is -1.57. The fraction of sp³-hybridized carbons (Fsp3) is 0.0476. The Kier molecular flexibility index (Phi) is 11.6. The Morgan fingerprint density at radius 2 is 1.35 bits per heavy atom. The van der Waals surface area contributed by atoms with Crippen LogP contribution in [0.5, 0.6) is 0 Å². The number of furan rings is 4. The van der Waals surface area contributed by atoms with Crippen molar-refractivity contribution in [2.75, 3.05) is 0 Å². The second kappa shape index (κ2) is 14.3. The Morgan fingerprint density at radius 1 is 0.769 bits per heavy atom. The number of hydrogen-bond acceptors (Lipinski definition) is 4. The first-order chi connectivity index (χ1) is 12.8. The molecule has 0 N–H and O–H groups in total. The highest BCUT2D eigenvalue weighted by molar-refractivity contribution is 14.1. The van der Waals surface area contributed by atoms with Gasteiger partial charge in [0, 0.05) is 0 Å². The van der Waals surface area contributed by atoms with Crippen LogP contribution in [0, 0.1) is 28.0 Å². The molecule has 0 unspecified atom stereocenters. The minimum Gasteiger partial charge on any atom is -0.473 e. The minimum absolute atomic E-state index is 0.583. The summed E-state index contributed by atoms with van der Waals surface area (Å²) in [5, 5.41) is 0. The van der Waals surface area contributed by atoms with Crippen molar-refractivity contribution in [3.8, 4) is 24.2 Å². The zero-order valence-electron chi connectivity index (χ0n) is 14.1. The van der Waals surface area contributed by atoms with Crippen molar-refractivity contribution in [2.45, 2.75) is 6.92 Å². The minimum atomic E-state index is 0.583. The van der Waals surface area contributed by atoms with Crippen LogP contribution < -0.4 is 0 Å². The summed E-state index contributed by atoms with van der Waals surface area (Å²) in [7, 11) is 0. The zero-order valence-corrected chi connectivity index (χ0v) is 16.3.